The van der Waals surface area contributed by atoms with Gasteiger partial charge >= 0.3 is 6.18 Å². The second kappa shape index (κ2) is 6.64. The van der Waals surface area contributed by atoms with Crippen molar-refractivity contribution in [1.29, 1.82) is 0 Å². The number of benzene rings is 1. The number of nitrogens with zero attached hydrogens (tertiary/aromatic N) is 1. The zero-order chi connectivity index (χ0) is 15.5. The van der Waals surface area contributed by atoms with Gasteiger partial charge in [0.1, 0.15) is 5.75 Å². The normalized spacial score (nSPS) is 18.7. The summed E-state index contributed by atoms with van der Waals surface area (Å²) in [5.74, 6) is -0.516. The highest BCUT2D eigenvalue weighted by atomic mass is 19.4. The standard InChI is InChI=1S/C14H19F3N2O2/c15-14(16,17)10-1-2-11(13(21)9-10)12(20)3-6-19-7-4-18-5-8-19/h1-2,9,12,18,20-21H,3-8H2. The van der Waals surface area contributed by atoms with Gasteiger partial charge in [-0.25, -0.2) is 0 Å². The van der Waals surface area contributed by atoms with E-state index in [-0.39, 0.29) is 5.56 Å². The molecule has 1 atom stereocenters. The lowest BCUT2D eigenvalue weighted by molar-refractivity contribution is -0.137. The van der Waals surface area contributed by atoms with Gasteiger partial charge in [0.05, 0.1) is 11.7 Å². The van der Waals surface area contributed by atoms with Gasteiger partial charge in [-0.05, 0) is 18.6 Å². The van der Waals surface area contributed by atoms with E-state index in [0.717, 1.165) is 38.3 Å². The Hall–Kier alpha value is -1.31. The fourth-order valence-corrected chi connectivity index (χ4v) is 2.40. The van der Waals surface area contributed by atoms with Gasteiger partial charge in [-0.2, -0.15) is 13.2 Å². The van der Waals surface area contributed by atoms with Crippen molar-refractivity contribution >= 4 is 0 Å². The zero-order valence-electron chi connectivity index (χ0n) is 11.5. The largest absolute Gasteiger partial charge is 0.508 e. The molecule has 0 radical (unpaired) electrons. The Bertz CT molecular complexity index is 474. The number of aromatic hydroxyl groups is 1. The Labute approximate surface area is 121 Å². The monoisotopic (exact) mass is 304 g/mol. The molecule has 4 nitrogen and oxygen atoms in total. The average molecular weight is 304 g/mol. The maximum absolute atomic E-state index is 12.5. The summed E-state index contributed by atoms with van der Waals surface area (Å²) in [5, 5.41) is 22.9. The molecule has 0 bridgehead atoms. The lowest BCUT2D eigenvalue weighted by Crippen LogP contribution is -2.44. The first-order chi connectivity index (χ1) is 9.88. The van der Waals surface area contributed by atoms with Crippen molar-refractivity contribution in [2.45, 2.75) is 18.7 Å². The number of phenols is 1. The molecule has 7 heteroatoms. The molecule has 0 saturated carbocycles. The molecular weight excluding hydrogens is 285 g/mol. The highest BCUT2D eigenvalue weighted by Gasteiger charge is 2.31. The van der Waals surface area contributed by atoms with Crippen LogP contribution in [0.4, 0.5) is 13.2 Å². The van der Waals surface area contributed by atoms with Crippen LogP contribution in [0, 0.1) is 0 Å². The molecule has 3 N–H and O–H groups in total. The Morgan fingerprint density at radius 3 is 2.48 bits per heavy atom. The number of hydrogen-bond acceptors (Lipinski definition) is 4. The maximum atomic E-state index is 12.5. The third-order valence-corrected chi connectivity index (χ3v) is 3.65. The van der Waals surface area contributed by atoms with E-state index in [4.69, 9.17) is 0 Å². The number of nitrogens with one attached hydrogen (secondary N) is 1. The first kappa shape index (κ1) is 16.1. The van der Waals surface area contributed by atoms with Gasteiger partial charge < -0.3 is 20.4 Å². The lowest BCUT2D eigenvalue weighted by Gasteiger charge is -2.28. The molecule has 1 aliphatic rings. The van der Waals surface area contributed by atoms with Crippen LogP contribution in [0.25, 0.3) is 0 Å². The number of phenolic OH excluding ortho intramolecular Hbond substituents is 1. The number of piperazine rings is 1. The van der Waals surface area contributed by atoms with Crippen LogP contribution in [0.2, 0.25) is 0 Å². The predicted molar refractivity (Wildman–Crippen MR) is 72.0 cm³/mol. The minimum absolute atomic E-state index is 0.137. The summed E-state index contributed by atoms with van der Waals surface area (Å²) < 4.78 is 37.5. The van der Waals surface area contributed by atoms with E-state index in [1.54, 1.807) is 0 Å². The topological polar surface area (TPSA) is 55.7 Å². The number of aliphatic hydroxyl groups is 1. The molecule has 118 valence electrons. The second-order valence-corrected chi connectivity index (χ2v) is 5.17. The summed E-state index contributed by atoms with van der Waals surface area (Å²) in [6.07, 6.45) is -5.09. The number of aliphatic hydroxyl groups excluding tert-OH is 1. The predicted octanol–water partition coefficient (Wildman–Crippen LogP) is 1.74. The van der Waals surface area contributed by atoms with Gasteiger partial charge in [0.15, 0.2) is 0 Å². The fourth-order valence-electron chi connectivity index (χ4n) is 2.40. The summed E-state index contributed by atoms with van der Waals surface area (Å²) in [7, 11) is 0. The van der Waals surface area contributed by atoms with Gasteiger partial charge in [0.2, 0.25) is 0 Å². The third kappa shape index (κ3) is 4.33. The SMILES string of the molecule is Oc1cc(C(F)(F)F)ccc1C(O)CCN1CCNCC1. The number of hydrogen-bond donors (Lipinski definition) is 3. The van der Waals surface area contributed by atoms with Gasteiger partial charge in [-0.3, -0.25) is 0 Å². The minimum Gasteiger partial charge on any atom is -0.508 e. The summed E-state index contributed by atoms with van der Waals surface area (Å²) in [4.78, 5) is 2.17. The molecular formula is C14H19F3N2O2. The number of rotatable bonds is 4. The minimum atomic E-state index is -4.50. The van der Waals surface area contributed by atoms with E-state index < -0.39 is 23.6 Å². The van der Waals surface area contributed by atoms with Crippen molar-refractivity contribution < 1.29 is 23.4 Å². The van der Waals surface area contributed by atoms with E-state index in [2.05, 4.69) is 10.2 Å². The Balaban J connectivity index is 1.97. The van der Waals surface area contributed by atoms with Crippen molar-refractivity contribution in [3.8, 4) is 5.75 Å². The van der Waals surface area contributed by atoms with Crippen LogP contribution >= 0.6 is 0 Å². The molecule has 1 heterocycles. The third-order valence-electron chi connectivity index (χ3n) is 3.65. The van der Waals surface area contributed by atoms with E-state index in [1.165, 1.54) is 0 Å². The van der Waals surface area contributed by atoms with Crippen LogP contribution in [0.1, 0.15) is 23.7 Å². The maximum Gasteiger partial charge on any atom is 0.416 e. The van der Waals surface area contributed by atoms with Gasteiger partial charge in [-0.1, -0.05) is 6.07 Å². The van der Waals surface area contributed by atoms with Crippen LogP contribution in [0.15, 0.2) is 18.2 Å². The molecule has 21 heavy (non-hydrogen) atoms. The van der Waals surface area contributed by atoms with Crippen molar-refractivity contribution in [1.82, 2.24) is 10.2 Å². The summed E-state index contributed by atoms with van der Waals surface area (Å²) in [6, 6.07) is 2.67. The Morgan fingerprint density at radius 2 is 1.90 bits per heavy atom. The highest BCUT2D eigenvalue weighted by Crippen LogP contribution is 2.35. The molecule has 0 spiro atoms. The Morgan fingerprint density at radius 1 is 1.24 bits per heavy atom. The van der Waals surface area contributed by atoms with E-state index >= 15 is 0 Å². The molecule has 1 saturated heterocycles. The molecule has 1 aromatic carbocycles. The molecule has 0 amide bonds. The van der Waals surface area contributed by atoms with Crippen LogP contribution in [0.3, 0.4) is 0 Å². The quantitative estimate of drug-likeness (QED) is 0.793. The summed E-state index contributed by atoms with van der Waals surface area (Å²) in [5.41, 5.74) is -0.781. The highest BCUT2D eigenvalue weighted by molar-refractivity contribution is 5.38. The van der Waals surface area contributed by atoms with Gasteiger partial charge in [0, 0.05) is 38.3 Å². The summed E-state index contributed by atoms with van der Waals surface area (Å²) >= 11 is 0. The lowest BCUT2D eigenvalue weighted by atomic mass is 10.0. The van der Waals surface area contributed by atoms with E-state index in [1.807, 2.05) is 0 Å². The van der Waals surface area contributed by atoms with E-state index in [9.17, 15) is 23.4 Å². The van der Waals surface area contributed by atoms with Gasteiger partial charge in [-0.15, -0.1) is 0 Å². The van der Waals surface area contributed by atoms with Gasteiger partial charge in [0.25, 0.3) is 0 Å². The first-order valence-corrected chi connectivity index (χ1v) is 6.89. The molecule has 1 aliphatic heterocycles. The smallest absolute Gasteiger partial charge is 0.416 e. The molecule has 1 unspecified atom stereocenters. The van der Waals surface area contributed by atoms with Crippen molar-refractivity contribution in [2.24, 2.45) is 0 Å². The summed E-state index contributed by atoms with van der Waals surface area (Å²) in [6.45, 7) is 4.18. The first-order valence-electron chi connectivity index (χ1n) is 6.89. The number of alkyl halides is 3. The average Bonchev–Trinajstić information content (AvgIpc) is 2.45. The Kier molecular flexibility index (Phi) is 5.08. The van der Waals surface area contributed by atoms with Crippen molar-refractivity contribution in [3.05, 3.63) is 29.3 Å². The molecule has 0 aromatic heterocycles. The molecule has 1 fully saturated rings. The molecule has 0 aliphatic carbocycles. The fraction of sp³-hybridized carbons (Fsp3) is 0.571. The van der Waals surface area contributed by atoms with Crippen LogP contribution in [0.5, 0.6) is 5.75 Å². The van der Waals surface area contributed by atoms with Crippen molar-refractivity contribution in [3.63, 3.8) is 0 Å². The molecule has 2 rings (SSSR count). The zero-order valence-corrected chi connectivity index (χ0v) is 11.5. The van der Waals surface area contributed by atoms with Crippen LogP contribution in [-0.4, -0.2) is 47.8 Å². The second-order valence-electron chi connectivity index (χ2n) is 5.17. The van der Waals surface area contributed by atoms with Crippen molar-refractivity contribution in [2.75, 3.05) is 32.7 Å². The number of halogens is 3. The van der Waals surface area contributed by atoms with Crippen LogP contribution in [-0.2, 0) is 6.18 Å². The molecule has 1 aromatic rings. The van der Waals surface area contributed by atoms with Crippen LogP contribution < -0.4 is 5.32 Å². The van der Waals surface area contributed by atoms with E-state index in [0.29, 0.717) is 19.0 Å².